The van der Waals surface area contributed by atoms with Crippen molar-refractivity contribution < 1.29 is 18.0 Å². The Labute approximate surface area is 167 Å². The molecular weight excluding hydrogens is 437 g/mol. The number of benzene rings is 2. The first-order valence-corrected chi connectivity index (χ1v) is 9.21. The minimum atomic E-state index is -4.46. The van der Waals surface area contributed by atoms with Crippen LogP contribution in [0.3, 0.4) is 0 Å². The number of carbonyl (C=O) groups excluding carboxylic acids is 1. The fraction of sp³-hybridized carbons (Fsp3) is 0.200. The lowest BCUT2D eigenvalue weighted by atomic mass is 10.1. The number of amides is 1. The van der Waals surface area contributed by atoms with Gasteiger partial charge in [-0.1, -0.05) is 0 Å². The summed E-state index contributed by atoms with van der Waals surface area (Å²) in [4.78, 5) is 24.9. The van der Waals surface area contributed by atoms with Crippen molar-refractivity contribution in [1.82, 2.24) is 9.88 Å². The fourth-order valence-electron chi connectivity index (χ4n) is 2.83. The van der Waals surface area contributed by atoms with E-state index in [-0.39, 0.29) is 16.4 Å². The summed E-state index contributed by atoms with van der Waals surface area (Å²) in [5.41, 5.74) is -0.00802. The monoisotopic (exact) mass is 452 g/mol. The van der Waals surface area contributed by atoms with Gasteiger partial charge >= 0.3 is 6.18 Å². The lowest BCUT2D eigenvalue weighted by Crippen LogP contribution is -2.30. The Balaban J connectivity index is 2.16. The summed E-state index contributed by atoms with van der Waals surface area (Å²) in [5, 5.41) is 3.39. The molecule has 3 rings (SSSR count). The molecule has 0 aliphatic carbocycles. The zero-order valence-corrected chi connectivity index (χ0v) is 16.6. The number of carbonyl (C=O) groups is 1. The van der Waals surface area contributed by atoms with Crippen molar-refractivity contribution in [2.75, 3.05) is 0 Å². The Morgan fingerprint density at radius 2 is 1.71 bits per heavy atom. The molecule has 0 fully saturated rings. The van der Waals surface area contributed by atoms with E-state index in [1.54, 1.807) is 24.3 Å². The van der Waals surface area contributed by atoms with Crippen molar-refractivity contribution in [1.29, 1.82) is 0 Å². The Morgan fingerprint density at radius 3 is 2.29 bits per heavy atom. The van der Waals surface area contributed by atoms with Crippen LogP contribution >= 0.6 is 15.9 Å². The lowest BCUT2D eigenvalue weighted by Gasteiger charge is -2.14. The van der Waals surface area contributed by atoms with E-state index in [4.69, 9.17) is 0 Å². The van der Waals surface area contributed by atoms with Gasteiger partial charge in [0.2, 0.25) is 0 Å². The van der Waals surface area contributed by atoms with E-state index >= 15 is 0 Å². The number of fused-ring (bicyclic) bond motifs is 1. The van der Waals surface area contributed by atoms with Crippen LogP contribution in [-0.2, 0) is 6.18 Å². The molecule has 0 aliphatic rings. The predicted octanol–water partition coefficient (Wildman–Crippen LogP) is 4.91. The van der Waals surface area contributed by atoms with Crippen molar-refractivity contribution in [2.45, 2.75) is 26.1 Å². The van der Waals surface area contributed by atoms with Crippen molar-refractivity contribution in [3.63, 3.8) is 0 Å². The van der Waals surface area contributed by atoms with E-state index < -0.39 is 17.3 Å². The van der Waals surface area contributed by atoms with Crippen molar-refractivity contribution in [3.05, 3.63) is 74.5 Å². The van der Waals surface area contributed by atoms with E-state index in [1.807, 2.05) is 13.8 Å². The van der Waals surface area contributed by atoms with Gasteiger partial charge in [-0.2, -0.15) is 13.2 Å². The molecule has 146 valence electrons. The summed E-state index contributed by atoms with van der Waals surface area (Å²) in [6, 6.07) is 10.7. The van der Waals surface area contributed by atoms with E-state index in [0.717, 1.165) is 12.1 Å². The van der Waals surface area contributed by atoms with Crippen LogP contribution in [0.15, 0.2) is 57.8 Å². The molecule has 0 saturated carbocycles. The lowest BCUT2D eigenvalue weighted by molar-refractivity contribution is -0.137. The van der Waals surface area contributed by atoms with Crippen LogP contribution in [-0.4, -0.2) is 16.5 Å². The van der Waals surface area contributed by atoms with Crippen LogP contribution in [0.2, 0.25) is 0 Å². The zero-order valence-electron chi connectivity index (χ0n) is 15.0. The maximum atomic E-state index is 12.8. The van der Waals surface area contributed by atoms with Gasteiger partial charge in [-0.15, -0.1) is 0 Å². The topological polar surface area (TPSA) is 51.1 Å². The van der Waals surface area contributed by atoms with Crippen molar-refractivity contribution >= 4 is 32.7 Å². The van der Waals surface area contributed by atoms with Gasteiger partial charge in [0, 0.05) is 22.7 Å². The molecule has 1 heterocycles. The summed E-state index contributed by atoms with van der Waals surface area (Å²) in [6.45, 7) is 3.69. The summed E-state index contributed by atoms with van der Waals surface area (Å²) in [6.07, 6.45) is -4.46. The molecule has 1 amide bonds. The number of aromatic nitrogens is 1. The first-order chi connectivity index (χ1) is 13.1. The van der Waals surface area contributed by atoms with Crippen molar-refractivity contribution in [2.24, 2.45) is 0 Å². The average Bonchev–Trinajstić information content (AvgIpc) is 2.61. The first kappa shape index (κ1) is 20.1. The van der Waals surface area contributed by atoms with Gasteiger partial charge in [0.25, 0.3) is 11.5 Å². The van der Waals surface area contributed by atoms with Gasteiger partial charge in [-0.05, 0) is 78.3 Å². The number of hydrogen-bond acceptors (Lipinski definition) is 2. The molecule has 2 aromatic carbocycles. The standard InChI is InChI=1S/C20H16BrF3N2O2/c1-11(2)25-18(27)12-3-8-17-13(9-12)10-16(21)19(28)26(17)15-6-4-14(5-7-15)20(22,23)24/h3-11H,1-2H3,(H,25,27). The third-order valence-electron chi connectivity index (χ3n) is 4.09. The summed E-state index contributed by atoms with van der Waals surface area (Å²) >= 11 is 3.20. The molecule has 4 nitrogen and oxygen atoms in total. The second-order valence-electron chi connectivity index (χ2n) is 6.58. The van der Waals surface area contributed by atoms with E-state index in [2.05, 4.69) is 21.2 Å². The van der Waals surface area contributed by atoms with Crippen LogP contribution in [0.25, 0.3) is 16.6 Å². The molecule has 28 heavy (non-hydrogen) atoms. The first-order valence-electron chi connectivity index (χ1n) is 8.42. The molecule has 0 radical (unpaired) electrons. The van der Waals surface area contributed by atoms with Crippen LogP contribution in [0.4, 0.5) is 13.2 Å². The summed E-state index contributed by atoms with van der Waals surface area (Å²) in [7, 11) is 0. The van der Waals surface area contributed by atoms with Crippen molar-refractivity contribution in [3.8, 4) is 5.69 Å². The number of rotatable bonds is 3. The van der Waals surface area contributed by atoms with Gasteiger partial charge in [-0.25, -0.2) is 0 Å². The highest BCUT2D eigenvalue weighted by Gasteiger charge is 2.30. The van der Waals surface area contributed by atoms with Crippen LogP contribution in [0.5, 0.6) is 0 Å². The molecule has 3 aromatic rings. The van der Waals surface area contributed by atoms with Gasteiger partial charge in [-0.3, -0.25) is 14.2 Å². The molecule has 0 atom stereocenters. The normalized spacial score (nSPS) is 11.8. The molecule has 8 heteroatoms. The molecule has 0 bridgehead atoms. The van der Waals surface area contributed by atoms with E-state index in [9.17, 15) is 22.8 Å². The number of pyridine rings is 1. The SMILES string of the molecule is CC(C)NC(=O)c1ccc2c(c1)cc(Br)c(=O)n2-c1ccc(C(F)(F)F)cc1. The Bertz CT molecular complexity index is 1100. The van der Waals surface area contributed by atoms with Crippen LogP contribution in [0.1, 0.15) is 29.8 Å². The summed E-state index contributed by atoms with van der Waals surface area (Å²) in [5.74, 6) is -0.250. The summed E-state index contributed by atoms with van der Waals surface area (Å²) < 4.78 is 40.0. The molecule has 1 N–H and O–H groups in total. The Hall–Kier alpha value is -2.61. The third kappa shape index (κ3) is 3.96. The number of nitrogens with one attached hydrogen (secondary N) is 1. The second kappa shape index (κ2) is 7.43. The van der Waals surface area contributed by atoms with Crippen LogP contribution < -0.4 is 10.9 Å². The smallest absolute Gasteiger partial charge is 0.350 e. The molecular formula is C20H16BrF3N2O2. The fourth-order valence-corrected chi connectivity index (χ4v) is 3.25. The number of halogens is 4. The van der Waals surface area contributed by atoms with Gasteiger partial charge in [0.15, 0.2) is 0 Å². The molecule has 0 unspecified atom stereocenters. The maximum Gasteiger partial charge on any atom is 0.416 e. The minimum absolute atomic E-state index is 0.0314. The number of hydrogen-bond donors (Lipinski definition) is 1. The third-order valence-corrected chi connectivity index (χ3v) is 4.66. The van der Waals surface area contributed by atoms with Gasteiger partial charge in [0.1, 0.15) is 0 Å². The Kier molecular flexibility index (Phi) is 5.34. The molecule has 0 saturated heterocycles. The largest absolute Gasteiger partial charge is 0.416 e. The van der Waals surface area contributed by atoms with Crippen LogP contribution in [0, 0.1) is 0 Å². The number of alkyl halides is 3. The highest BCUT2D eigenvalue weighted by Crippen LogP contribution is 2.30. The van der Waals surface area contributed by atoms with E-state index in [1.165, 1.54) is 16.7 Å². The quantitative estimate of drug-likeness (QED) is 0.613. The highest BCUT2D eigenvalue weighted by atomic mass is 79.9. The maximum absolute atomic E-state index is 12.8. The molecule has 0 spiro atoms. The predicted molar refractivity (Wildman–Crippen MR) is 105 cm³/mol. The second-order valence-corrected chi connectivity index (χ2v) is 7.43. The minimum Gasteiger partial charge on any atom is -0.350 e. The van der Waals surface area contributed by atoms with Gasteiger partial charge in [0.05, 0.1) is 15.6 Å². The van der Waals surface area contributed by atoms with E-state index in [0.29, 0.717) is 22.2 Å². The molecule has 1 aromatic heterocycles. The Morgan fingerprint density at radius 1 is 1.07 bits per heavy atom. The number of nitrogens with zero attached hydrogens (tertiary/aromatic N) is 1. The zero-order chi connectivity index (χ0) is 20.6. The highest BCUT2D eigenvalue weighted by molar-refractivity contribution is 9.10. The average molecular weight is 453 g/mol. The van der Waals surface area contributed by atoms with Gasteiger partial charge < -0.3 is 5.32 Å². The molecule has 0 aliphatic heterocycles.